The molecule has 0 aliphatic heterocycles. The summed E-state index contributed by atoms with van der Waals surface area (Å²) in [4.78, 5) is 0. The van der Waals surface area contributed by atoms with Gasteiger partial charge in [-0.2, -0.15) is 0 Å². The summed E-state index contributed by atoms with van der Waals surface area (Å²) in [6.07, 6.45) is 35.2. The van der Waals surface area contributed by atoms with Gasteiger partial charge < -0.3 is 0 Å². The van der Waals surface area contributed by atoms with Gasteiger partial charge in [-0.05, 0) is 12.8 Å². The third-order valence-electron chi connectivity index (χ3n) is 2.58. The molecule has 0 N–H and O–H groups in total. The summed E-state index contributed by atoms with van der Waals surface area (Å²) >= 11 is 0. The lowest BCUT2D eigenvalue weighted by molar-refractivity contribution is 0.729. The first-order valence-electron chi connectivity index (χ1n) is 7.69. The zero-order valence-corrected chi connectivity index (χ0v) is 13.2. The fourth-order valence-corrected chi connectivity index (χ4v) is 1.47. The van der Waals surface area contributed by atoms with E-state index < -0.39 is 0 Å². The van der Waals surface area contributed by atoms with Gasteiger partial charge in [-0.15, -0.1) is 0 Å². The number of hydrogen-bond donors (Lipinski definition) is 0. The van der Waals surface area contributed by atoms with Gasteiger partial charge >= 0.3 is 0 Å². The van der Waals surface area contributed by atoms with Crippen molar-refractivity contribution in [1.29, 1.82) is 0 Å². The first kappa shape index (κ1) is 18.9. The van der Waals surface area contributed by atoms with Crippen molar-refractivity contribution >= 4 is 0 Å². The molecule has 0 heterocycles. The number of hydrogen-bond acceptors (Lipinski definition) is 0. The first-order valence-corrected chi connectivity index (χ1v) is 7.69. The third kappa shape index (κ3) is 17.9. The predicted molar refractivity (Wildman–Crippen MR) is 98.3 cm³/mol. The van der Waals surface area contributed by atoms with Crippen LogP contribution in [0, 0.1) is 0 Å². The maximum atomic E-state index is 3.60. The van der Waals surface area contributed by atoms with E-state index in [-0.39, 0.29) is 0 Å². The number of allylic oxidation sites excluding steroid dienone is 15. The highest BCUT2D eigenvalue weighted by molar-refractivity contribution is 5.21. The minimum atomic E-state index is 1.18. The SMILES string of the molecule is C=CC=CC=CC=CC=CC=CC=CC=CCCCCC. The summed E-state index contributed by atoms with van der Waals surface area (Å²) in [6, 6.07) is 0. The highest BCUT2D eigenvalue weighted by Gasteiger charge is 1.79. The van der Waals surface area contributed by atoms with E-state index in [1.807, 2.05) is 66.8 Å². The van der Waals surface area contributed by atoms with Gasteiger partial charge in [0.1, 0.15) is 0 Å². The monoisotopic (exact) mass is 280 g/mol. The molecule has 0 aromatic heterocycles. The second-order valence-electron chi connectivity index (χ2n) is 4.47. The topological polar surface area (TPSA) is 0 Å². The summed E-state index contributed by atoms with van der Waals surface area (Å²) in [5.74, 6) is 0. The van der Waals surface area contributed by atoms with Crippen molar-refractivity contribution in [2.45, 2.75) is 32.6 Å². The Bertz CT molecular complexity index is 423. The van der Waals surface area contributed by atoms with Gasteiger partial charge in [-0.3, -0.25) is 0 Å². The molecule has 0 saturated carbocycles. The van der Waals surface area contributed by atoms with Crippen molar-refractivity contribution in [3.8, 4) is 0 Å². The van der Waals surface area contributed by atoms with Crippen molar-refractivity contribution in [1.82, 2.24) is 0 Å². The molecule has 0 atom stereocenters. The molecular formula is C21H28. The lowest BCUT2D eigenvalue weighted by Crippen LogP contribution is -1.69. The Hall–Kier alpha value is -2.08. The molecule has 0 radical (unpaired) electrons. The average Bonchev–Trinajstić information content (AvgIpc) is 2.50. The van der Waals surface area contributed by atoms with Crippen molar-refractivity contribution in [2.24, 2.45) is 0 Å². The summed E-state index contributed by atoms with van der Waals surface area (Å²) in [6.45, 7) is 5.83. The Kier molecular flexibility index (Phi) is 16.1. The van der Waals surface area contributed by atoms with E-state index in [4.69, 9.17) is 0 Å². The molecule has 0 unspecified atom stereocenters. The molecule has 0 bridgehead atoms. The maximum absolute atomic E-state index is 3.60. The molecule has 112 valence electrons. The van der Waals surface area contributed by atoms with E-state index in [1.54, 1.807) is 6.08 Å². The molecule has 0 fully saturated rings. The molecule has 0 aromatic rings. The fourth-order valence-electron chi connectivity index (χ4n) is 1.47. The second-order valence-corrected chi connectivity index (χ2v) is 4.47. The largest absolute Gasteiger partial charge is 0.0991 e. The van der Waals surface area contributed by atoms with Crippen LogP contribution in [-0.4, -0.2) is 0 Å². The van der Waals surface area contributed by atoms with Gasteiger partial charge in [0.25, 0.3) is 0 Å². The van der Waals surface area contributed by atoms with E-state index in [0.29, 0.717) is 0 Å². The van der Waals surface area contributed by atoms with E-state index >= 15 is 0 Å². The Labute approximate surface area is 131 Å². The Morgan fingerprint density at radius 1 is 0.571 bits per heavy atom. The zero-order chi connectivity index (χ0) is 15.4. The van der Waals surface area contributed by atoms with Crippen molar-refractivity contribution in [3.05, 3.63) is 97.7 Å². The Morgan fingerprint density at radius 3 is 1.43 bits per heavy atom. The Balaban J connectivity index is 3.72. The van der Waals surface area contributed by atoms with E-state index in [1.165, 1.54) is 25.7 Å². The van der Waals surface area contributed by atoms with Gasteiger partial charge in [-0.25, -0.2) is 0 Å². The minimum Gasteiger partial charge on any atom is -0.0991 e. The summed E-state index contributed by atoms with van der Waals surface area (Å²) in [5, 5.41) is 0. The van der Waals surface area contributed by atoms with E-state index in [0.717, 1.165) is 0 Å². The lowest BCUT2D eigenvalue weighted by Gasteiger charge is -1.89. The predicted octanol–water partition coefficient (Wildman–Crippen LogP) is 6.65. The molecule has 0 heteroatoms. The molecule has 0 spiro atoms. The van der Waals surface area contributed by atoms with Gasteiger partial charge in [0.15, 0.2) is 0 Å². The van der Waals surface area contributed by atoms with Crippen LogP contribution in [0.15, 0.2) is 97.7 Å². The molecule has 0 aliphatic carbocycles. The molecule has 21 heavy (non-hydrogen) atoms. The van der Waals surface area contributed by atoms with E-state index in [2.05, 4.69) is 31.7 Å². The van der Waals surface area contributed by atoms with Gasteiger partial charge in [0.2, 0.25) is 0 Å². The lowest BCUT2D eigenvalue weighted by atomic mass is 10.2. The standard InChI is InChI=1S/C21H28/c1-3-5-7-9-11-13-15-17-19-21-20-18-16-14-12-10-8-6-4-2/h3,5,7,9,11-21H,1,4,6,8,10H2,2H3. The van der Waals surface area contributed by atoms with Crippen LogP contribution in [0.5, 0.6) is 0 Å². The normalized spacial score (nSPS) is 13.6. The van der Waals surface area contributed by atoms with Crippen molar-refractivity contribution < 1.29 is 0 Å². The summed E-state index contributed by atoms with van der Waals surface area (Å²) in [7, 11) is 0. The molecule has 0 aliphatic rings. The first-order chi connectivity index (χ1) is 10.4. The second kappa shape index (κ2) is 17.9. The highest BCUT2D eigenvalue weighted by Crippen LogP contribution is 1.99. The van der Waals surface area contributed by atoms with Crippen LogP contribution in [0.2, 0.25) is 0 Å². The molecule has 0 saturated heterocycles. The van der Waals surface area contributed by atoms with Gasteiger partial charge in [0.05, 0.1) is 0 Å². The van der Waals surface area contributed by atoms with E-state index in [9.17, 15) is 0 Å². The van der Waals surface area contributed by atoms with Crippen LogP contribution < -0.4 is 0 Å². The zero-order valence-electron chi connectivity index (χ0n) is 13.2. The molecule has 0 rings (SSSR count). The van der Waals surface area contributed by atoms with Gasteiger partial charge in [-0.1, -0.05) is 117 Å². The van der Waals surface area contributed by atoms with Crippen LogP contribution in [-0.2, 0) is 0 Å². The number of rotatable bonds is 11. The summed E-state index contributed by atoms with van der Waals surface area (Å²) < 4.78 is 0. The number of unbranched alkanes of at least 4 members (excludes halogenated alkanes) is 3. The molecular weight excluding hydrogens is 252 g/mol. The quantitative estimate of drug-likeness (QED) is 0.294. The molecule has 0 aromatic carbocycles. The smallest absolute Gasteiger partial charge is 0.0348 e. The molecule has 0 amide bonds. The van der Waals surface area contributed by atoms with Crippen LogP contribution in [0.25, 0.3) is 0 Å². The Morgan fingerprint density at radius 2 is 1.00 bits per heavy atom. The van der Waals surface area contributed by atoms with Crippen LogP contribution in [0.4, 0.5) is 0 Å². The maximum Gasteiger partial charge on any atom is -0.0348 e. The minimum absolute atomic E-state index is 1.18. The molecule has 0 nitrogen and oxygen atoms in total. The average molecular weight is 280 g/mol. The third-order valence-corrected chi connectivity index (χ3v) is 2.58. The van der Waals surface area contributed by atoms with Crippen LogP contribution in [0.3, 0.4) is 0 Å². The van der Waals surface area contributed by atoms with Crippen LogP contribution >= 0.6 is 0 Å². The van der Waals surface area contributed by atoms with Crippen LogP contribution in [0.1, 0.15) is 32.6 Å². The van der Waals surface area contributed by atoms with Crippen molar-refractivity contribution in [2.75, 3.05) is 0 Å². The van der Waals surface area contributed by atoms with Gasteiger partial charge in [0, 0.05) is 0 Å². The van der Waals surface area contributed by atoms with Crippen molar-refractivity contribution in [3.63, 3.8) is 0 Å². The highest BCUT2D eigenvalue weighted by atomic mass is 13.9. The fraction of sp³-hybridized carbons (Fsp3) is 0.238. The summed E-state index contributed by atoms with van der Waals surface area (Å²) in [5.41, 5.74) is 0.